The van der Waals surface area contributed by atoms with E-state index in [4.69, 9.17) is 16.7 Å². The number of halogens is 1. The Morgan fingerprint density at radius 3 is 2.83 bits per heavy atom. The summed E-state index contributed by atoms with van der Waals surface area (Å²) in [6, 6.07) is 0. The van der Waals surface area contributed by atoms with Crippen molar-refractivity contribution in [1.29, 1.82) is 0 Å². The number of hydrogen-bond donors (Lipinski definition) is 3. The summed E-state index contributed by atoms with van der Waals surface area (Å²) in [6.07, 6.45) is 3.48. The highest BCUT2D eigenvalue weighted by atomic mass is 35.5. The first kappa shape index (κ1) is 13.1. The van der Waals surface area contributed by atoms with Crippen LogP contribution in [-0.4, -0.2) is 43.3 Å². The molecular formula is C11H16ClN5O. The number of aromatic amines is 2. The number of aryl methyl sites for hydroxylation is 1. The number of aliphatic hydroxyl groups is 1. The number of nitrogens with one attached hydrogen (secondary N) is 2. The van der Waals surface area contributed by atoms with Crippen molar-refractivity contribution >= 4 is 11.6 Å². The van der Waals surface area contributed by atoms with Crippen LogP contribution in [0.3, 0.4) is 0 Å². The van der Waals surface area contributed by atoms with Crippen LogP contribution >= 0.6 is 11.6 Å². The maximum atomic E-state index is 9.08. The van der Waals surface area contributed by atoms with Crippen molar-refractivity contribution in [3.8, 4) is 0 Å². The van der Waals surface area contributed by atoms with Crippen molar-refractivity contribution < 1.29 is 5.11 Å². The molecule has 0 radical (unpaired) electrons. The molecule has 18 heavy (non-hydrogen) atoms. The van der Waals surface area contributed by atoms with Crippen LogP contribution in [0.2, 0.25) is 5.02 Å². The average molecular weight is 270 g/mol. The molecule has 0 spiro atoms. The van der Waals surface area contributed by atoms with E-state index in [0.717, 1.165) is 17.2 Å². The van der Waals surface area contributed by atoms with E-state index in [9.17, 15) is 0 Å². The highest BCUT2D eigenvalue weighted by Crippen LogP contribution is 2.19. The summed E-state index contributed by atoms with van der Waals surface area (Å²) in [5.74, 6) is 0.854. The van der Waals surface area contributed by atoms with Gasteiger partial charge < -0.3 is 10.1 Å². The third-order valence-electron chi connectivity index (χ3n) is 2.66. The summed E-state index contributed by atoms with van der Waals surface area (Å²) in [5.41, 5.74) is 1.64. The summed E-state index contributed by atoms with van der Waals surface area (Å²) < 4.78 is 0. The van der Waals surface area contributed by atoms with Gasteiger partial charge >= 0.3 is 0 Å². The van der Waals surface area contributed by atoms with Gasteiger partial charge in [0.05, 0.1) is 29.6 Å². The zero-order valence-corrected chi connectivity index (χ0v) is 10.9. The molecule has 0 aliphatic heterocycles. The first-order valence-electron chi connectivity index (χ1n) is 5.71. The van der Waals surface area contributed by atoms with Crippen LogP contribution in [0.15, 0.2) is 12.4 Å². The van der Waals surface area contributed by atoms with Crippen LogP contribution in [0.25, 0.3) is 0 Å². The smallest absolute Gasteiger partial charge is 0.120 e. The average Bonchev–Trinajstić information content (AvgIpc) is 2.95. The topological polar surface area (TPSA) is 80.8 Å². The quantitative estimate of drug-likeness (QED) is 0.733. The molecule has 0 bridgehead atoms. The SMILES string of the molecule is Cc1[nH]nc(CN(CCO)Cc2ncc[nH]2)c1Cl. The number of hydrogen-bond acceptors (Lipinski definition) is 4. The number of nitrogens with zero attached hydrogens (tertiary/aromatic N) is 3. The molecule has 2 heterocycles. The molecule has 3 N–H and O–H groups in total. The molecule has 2 aromatic rings. The summed E-state index contributed by atoms with van der Waals surface area (Å²) in [5, 5.41) is 16.7. The van der Waals surface area contributed by atoms with E-state index < -0.39 is 0 Å². The molecule has 0 fully saturated rings. The van der Waals surface area contributed by atoms with Gasteiger partial charge in [0.25, 0.3) is 0 Å². The molecule has 0 atom stereocenters. The minimum Gasteiger partial charge on any atom is -0.395 e. The zero-order chi connectivity index (χ0) is 13.0. The fourth-order valence-electron chi connectivity index (χ4n) is 1.73. The minimum absolute atomic E-state index is 0.0851. The normalized spacial score (nSPS) is 11.3. The van der Waals surface area contributed by atoms with Crippen LogP contribution in [-0.2, 0) is 13.1 Å². The van der Waals surface area contributed by atoms with Crippen molar-refractivity contribution in [3.63, 3.8) is 0 Å². The molecular weight excluding hydrogens is 254 g/mol. The first-order valence-corrected chi connectivity index (χ1v) is 6.09. The van der Waals surface area contributed by atoms with Gasteiger partial charge in [-0.1, -0.05) is 11.6 Å². The molecule has 0 aromatic carbocycles. The highest BCUT2D eigenvalue weighted by Gasteiger charge is 2.13. The second-order valence-corrected chi connectivity index (χ2v) is 4.46. The molecule has 98 valence electrons. The maximum absolute atomic E-state index is 9.08. The van der Waals surface area contributed by atoms with Gasteiger partial charge in [-0.2, -0.15) is 5.10 Å². The van der Waals surface area contributed by atoms with E-state index >= 15 is 0 Å². The lowest BCUT2D eigenvalue weighted by Gasteiger charge is -2.18. The Morgan fingerprint density at radius 2 is 2.28 bits per heavy atom. The van der Waals surface area contributed by atoms with Gasteiger partial charge in [0.2, 0.25) is 0 Å². The van der Waals surface area contributed by atoms with E-state index in [0.29, 0.717) is 24.7 Å². The Kier molecular flexibility index (Phi) is 4.35. The van der Waals surface area contributed by atoms with Gasteiger partial charge in [-0.15, -0.1) is 0 Å². The lowest BCUT2D eigenvalue weighted by molar-refractivity contribution is 0.180. The number of aliphatic hydroxyl groups excluding tert-OH is 1. The van der Waals surface area contributed by atoms with Crippen molar-refractivity contribution in [2.75, 3.05) is 13.2 Å². The monoisotopic (exact) mass is 269 g/mol. The van der Waals surface area contributed by atoms with Gasteiger partial charge in [0.1, 0.15) is 5.82 Å². The van der Waals surface area contributed by atoms with Gasteiger partial charge in [-0.3, -0.25) is 10.00 Å². The third kappa shape index (κ3) is 3.10. The Hall–Kier alpha value is -1.37. The number of rotatable bonds is 6. The molecule has 0 aliphatic carbocycles. The Balaban J connectivity index is 2.04. The predicted octanol–water partition coefficient (Wildman–Crippen LogP) is 1.09. The summed E-state index contributed by atoms with van der Waals surface area (Å²) in [7, 11) is 0. The van der Waals surface area contributed by atoms with Crippen LogP contribution in [0, 0.1) is 6.92 Å². The van der Waals surface area contributed by atoms with Crippen LogP contribution < -0.4 is 0 Å². The fourth-order valence-corrected chi connectivity index (χ4v) is 1.88. The summed E-state index contributed by atoms with van der Waals surface area (Å²) >= 11 is 6.13. The van der Waals surface area contributed by atoms with Gasteiger partial charge in [0.15, 0.2) is 0 Å². The summed E-state index contributed by atoms with van der Waals surface area (Å²) in [4.78, 5) is 9.23. The van der Waals surface area contributed by atoms with Crippen molar-refractivity contribution in [3.05, 3.63) is 34.6 Å². The first-order chi connectivity index (χ1) is 8.70. The maximum Gasteiger partial charge on any atom is 0.120 e. The second kappa shape index (κ2) is 5.99. The molecule has 0 amide bonds. The largest absolute Gasteiger partial charge is 0.395 e. The molecule has 2 rings (SSSR count). The fraction of sp³-hybridized carbons (Fsp3) is 0.455. The second-order valence-electron chi connectivity index (χ2n) is 4.08. The van der Waals surface area contributed by atoms with Crippen LogP contribution in [0.5, 0.6) is 0 Å². The number of aromatic nitrogens is 4. The highest BCUT2D eigenvalue weighted by molar-refractivity contribution is 6.31. The zero-order valence-electron chi connectivity index (χ0n) is 10.1. The van der Waals surface area contributed by atoms with E-state index in [1.54, 1.807) is 12.4 Å². The van der Waals surface area contributed by atoms with E-state index in [1.165, 1.54) is 0 Å². The Bertz CT molecular complexity index is 482. The Labute approximate surface area is 110 Å². The molecule has 2 aromatic heterocycles. The van der Waals surface area contributed by atoms with Gasteiger partial charge in [-0.25, -0.2) is 4.98 Å². The lowest BCUT2D eigenvalue weighted by Crippen LogP contribution is -2.27. The van der Waals surface area contributed by atoms with Gasteiger partial charge in [-0.05, 0) is 6.92 Å². The van der Waals surface area contributed by atoms with E-state index in [1.807, 2.05) is 11.8 Å². The predicted molar refractivity (Wildman–Crippen MR) is 68.1 cm³/mol. The number of imidazole rings is 1. The van der Waals surface area contributed by atoms with Gasteiger partial charge in [0, 0.05) is 25.5 Å². The number of H-pyrrole nitrogens is 2. The standard InChI is InChI=1S/C11H16ClN5O/c1-8-11(12)9(16-15-8)6-17(4-5-18)7-10-13-2-3-14-10/h2-3,18H,4-7H2,1H3,(H,13,14)(H,15,16). The van der Waals surface area contributed by atoms with Crippen molar-refractivity contribution in [2.45, 2.75) is 20.0 Å². The molecule has 0 saturated heterocycles. The lowest BCUT2D eigenvalue weighted by atomic mass is 10.3. The Morgan fingerprint density at radius 1 is 1.44 bits per heavy atom. The molecule has 0 saturated carbocycles. The van der Waals surface area contributed by atoms with E-state index in [2.05, 4.69) is 20.2 Å². The molecule has 7 heteroatoms. The third-order valence-corrected chi connectivity index (χ3v) is 3.16. The van der Waals surface area contributed by atoms with Crippen LogP contribution in [0.1, 0.15) is 17.2 Å². The van der Waals surface area contributed by atoms with E-state index in [-0.39, 0.29) is 6.61 Å². The molecule has 0 aliphatic rings. The van der Waals surface area contributed by atoms with Crippen molar-refractivity contribution in [1.82, 2.24) is 25.1 Å². The van der Waals surface area contributed by atoms with Crippen LogP contribution in [0.4, 0.5) is 0 Å². The summed E-state index contributed by atoms with van der Waals surface area (Å²) in [6.45, 7) is 3.70. The molecule has 6 nitrogen and oxygen atoms in total. The van der Waals surface area contributed by atoms with Crippen molar-refractivity contribution in [2.24, 2.45) is 0 Å². The minimum atomic E-state index is 0.0851. The molecule has 0 unspecified atom stereocenters.